The zero-order valence-electron chi connectivity index (χ0n) is 16.1. The van der Waals surface area contributed by atoms with E-state index in [2.05, 4.69) is 11.8 Å². The topological polar surface area (TPSA) is 63.0 Å². The van der Waals surface area contributed by atoms with Crippen LogP contribution in [0.25, 0.3) is 11.0 Å². The van der Waals surface area contributed by atoms with E-state index in [1.54, 1.807) is 6.07 Å². The van der Waals surface area contributed by atoms with Crippen LogP contribution in [-0.4, -0.2) is 42.1 Å². The maximum Gasteiger partial charge on any atom is 0.336 e. The maximum atomic E-state index is 12.1. The van der Waals surface area contributed by atoms with Gasteiger partial charge in [0, 0.05) is 44.1 Å². The molecule has 0 aliphatic carbocycles. The SMILES string of the molecule is CCCc1cc(=O)oc2c3c(c(Cl)cc12)OCN(CCCN1CCCC1=O)C3. The van der Waals surface area contributed by atoms with Crippen molar-refractivity contribution in [1.29, 1.82) is 0 Å². The summed E-state index contributed by atoms with van der Waals surface area (Å²) in [5.41, 5.74) is 2.03. The molecule has 2 aromatic rings. The number of benzene rings is 1. The molecule has 1 fully saturated rings. The molecule has 4 rings (SSSR count). The van der Waals surface area contributed by atoms with Crippen LogP contribution in [0.2, 0.25) is 5.02 Å². The molecule has 150 valence electrons. The number of hydrogen-bond donors (Lipinski definition) is 0. The summed E-state index contributed by atoms with van der Waals surface area (Å²) in [5, 5.41) is 1.44. The van der Waals surface area contributed by atoms with Gasteiger partial charge in [-0.3, -0.25) is 9.69 Å². The largest absolute Gasteiger partial charge is 0.476 e. The number of likely N-dealkylation sites (tertiary alicyclic amines) is 1. The molecule has 2 aliphatic heterocycles. The number of aryl methyl sites for hydroxylation is 1. The van der Waals surface area contributed by atoms with Crippen LogP contribution in [0, 0.1) is 0 Å². The second-order valence-corrected chi connectivity index (χ2v) is 7.95. The second-order valence-electron chi connectivity index (χ2n) is 7.55. The molecule has 0 unspecified atom stereocenters. The number of carbonyl (C=O) groups excluding carboxylic acids is 1. The maximum absolute atomic E-state index is 12.1. The molecular formula is C21H25ClN2O4. The quantitative estimate of drug-likeness (QED) is 0.689. The standard InChI is InChI=1S/C21H25ClN2O4/c1-2-5-14-10-19(26)28-20-15(14)11-17(22)21-16(20)12-23(13-27-21)7-4-9-24-8-3-6-18(24)25/h10-11H,2-9,12-13H2,1H3. The Morgan fingerprint density at radius 3 is 2.82 bits per heavy atom. The van der Waals surface area contributed by atoms with Crippen LogP contribution in [0.4, 0.5) is 0 Å². The van der Waals surface area contributed by atoms with Gasteiger partial charge in [-0.25, -0.2) is 4.79 Å². The normalized spacial score (nSPS) is 17.2. The fourth-order valence-corrected chi connectivity index (χ4v) is 4.42. The number of carbonyl (C=O) groups is 1. The molecule has 0 atom stereocenters. The van der Waals surface area contributed by atoms with E-state index in [0.29, 0.717) is 36.1 Å². The first-order valence-corrected chi connectivity index (χ1v) is 10.4. The number of ether oxygens (including phenoxy) is 1. The van der Waals surface area contributed by atoms with Gasteiger partial charge in [0.05, 0.1) is 10.6 Å². The molecule has 1 aromatic carbocycles. The zero-order chi connectivity index (χ0) is 19.7. The molecular weight excluding hydrogens is 380 g/mol. The summed E-state index contributed by atoms with van der Waals surface area (Å²) in [6.45, 7) is 5.56. The van der Waals surface area contributed by atoms with Crippen LogP contribution in [0.1, 0.15) is 43.7 Å². The lowest BCUT2D eigenvalue weighted by atomic mass is 10.0. The monoisotopic (exact) mass is 404 g/mol. The van der Waals surface area contributed by atoms with E-state index in [-0.39, 0.29) is 11.5 Å². The number of rotatable bonds is 6. The Kier molecular flexibility index (Phi) is 5.60. The van der Waals surface area contributed by atoms with E-state index in [1.165, 1.54) is 0 Å². The Hall–Kier alpha value is -2.05. The molecule has 2 aliphatic rings. The molecule has 1 saturated heterocycles. The first-order valence-electron chi connectivity index (χ1n) is 9.98. The molecule has 3 heterocycles. The predicted octanol–water partition coefficient (Wildman–Crippen LogP) is 3.56. The summed E-state index contributed by atoms with van der Waals surface area (Å²) < 4.78 is 11.5. The van der Waals surface area contributed by atoms with E-state index in [9.17, 15) is 9.59 Å². The van der Waals surface area contributed by atoms with Crippen molar-refractivity contribution in [1.82, 2.24) is 9.80 Å². The first kappa shape index (κ1) is 19.3. The molecule has 0 bridgehead atoms. The number of halogens is 1. The van der Waals surface area contributed by atoms with E-state index in [0.717, 1.165) is 61.8 Å². The predicted molar refractivity (Wildman–Crippen MR) is 108 cm³/mol. The average molecular weight is 405 g/mol. The minimum Gasteiger partial charge on any atom is -0.476 e. The first-order chi connectivity index (χ1) is 13.6. The summed E-state index contributed by atoms with van der Waals surface area (Å²) in [6, 6.07) is 3.40. The van der Waals surface area contributed by atoms with Gasteiger partial charge in [-0.1, -0.05) is 24.9 Å². The lowest BCUT2D eigenvalue weighted by Crippen LogP contribution is -2.35. The summed E-state index contributed by atoms with van der Waals surface area (Å²) in [7, 11) is 0. The van der Waals surface area contributed by atoms with E-state index >= 15 is 0 Å². The van der Waals surface area contributed by atoms with Gasteiger partial charge in [-0.05, 0) is 30.9 Å². The number of fused-ring (bicyclic) bond motifs is 3. The van der Waals surface area contributed by atoms with Gasteiger partial charge in [-0.2, -0.15) is 0 Å². The van der Waals surface area contributed by atoms with Crippen LogP contribution in [0.15, 0.2) is 21.3 Å². The molecule has 6 nitrogen and oxygen atoms in total. The van der Waals surface area contributed by atoms with Crippen molar-refractivity contribution < 1.29 is 13.9 Å². The summed E-state index contributed by atoms with van der Waals surface area (Å²) in [5.74, 6) is 0.861. The molecule has 1 amide bonds. The number of hydrogen-bond acceptors (Lipinski definition) is 5. The third-order valence-electron chi connectivity index (χ3n) is 5.49. The van der Waals surface area contributed by atoms with Gasteiger partial charge in [0.2, 0.25) is 5.91 Å². The Labute approximate surface area is 169 Å². The van der Waals surface area contributed by atoms with Gasteiger partial charge in [0.25, 0.3) is 0 Å². The van der Waals surface area contributed by atoms with Gasteiger partial charge in [-0.15, -0.1) is 0 Å². The van der Waals surface area contributed by atoms with Crippen LogP contribution < -0.4 is 10.4 Å². The summed E-state index contributed by atoms with van der Waals surface area (Å²) in [4.78, 5) is 27.9. The fraction of sp³-hybridized carbons (Fsp3) is 0.524. The smallest absolute Gasteiger partial charge is 0.336 e. The minimum atomic E-state index is -0.342. The van der Waals surface area contributed by atoms with Crippen molar-refractivity contribution in [3.63, 3.8) is 0 Å². The van der Waals surface area contributed by atoms with Gasteiger partial charge < -0.3 is 14.1 Å². The van der Waals surface area contributed by atoms with Gasteiger partial charge >= 0.3 is 5.63 Å². The van der Waals surface area contributed by atoms with Crippen molar-refractivity contribution in [2.75, 3.05) is 26.4 Å². The van der Waals surface area contributed by atoms with Crippen molar-refractivity contribution in [3.05, 3.63) is 38.7 Å². The second kappa shape index (κ2) is 8.13. The van der Waals surface area contributed by atoms with Gasteiger partial charge in [0.15, 0.2) is 0 Å². The van der Waals surface area contributed by atoms with Gasteiger partial charge in [0.1, 0.15) is 18.1 Å². The Balaban J connectivity index is 1.56. The molecule has 7 heteroatoms. The van der Waals surface area contributed by atoms with Crippen molar-refractivity contribution >= 4 is 28.5 Å². The van der Waals surface area contributed by atoms with Crippen LogP contribution in [0.3, 0.4) is 0 Å². The molecule has 0 spiro atoms. The van der Waals surface area contributed by atoms with Crippen molar-refractivity contribution in [2.24, 2.45) is 0 Å². The third-order valence-corrected chi connectivity index (χ3v) is 5.77. The molecule has 0 saturated carbocycles. The number of nitrogens with zero attached hydrogens (tertiary/aromatic N) is 2. The lowest BCUT2D eigenvalue weighted by molar-refractivity contribution is -0.127. The lowest BCUT2D eigenvalue weighted by Gasteiger charge is -2.30. The Bertz CT molecular complexity index is 956. The van der Waals surface area contributed by atoms with Crippen molar-refractivity contribution in [3.8, 4) is 5.75 Å². The van der Waals surface area contributed by atoms with E-state index in [4.69, 9.17) is 20.8 Å². The third kappa shape index (κ3) is 3.76. The Morgan fingerprint density at radius 2 is 2.07 bits per heavy atom. The van der Waals surface area contributed by atoms with Crippen LogP contribution in [0.5, 0.6) is 5.75 Å². The van der Waals surface area contributed by atoms with E-state index < -0.39 is 0 Å². The zero-order valence-corrected chi connectivity index (χ0v) is 16.9. The molecule has 1 aromatic heterocycles. The average Bonchev–Trinajstić information content (AvgIpc) is 3.08. The fourth-order valence-electron chi connectivity index (χ4n) is 4.14. The number of amides is 1. The molecule has 0 N–H and O–H groups in total. The van der Waals surface area contributed by atoms with Crippen LogP contribution >= 0.6 is 11.6 Å². The summed E-state index contributed by atoms with van der Waals surface area (Å²) in [6.07, 6.45) is 4.25. The highest BCUT2D eigenvalue weighted by Crippen LogP contribution is 2.39. The van der Waals surface area contributed by atoms with Crippen LogP contribution in [-0.2, 0) is 17.8 Å². The minimum absolute atomic E-state index is 0.253. The summed E-state index contributed by atoms with van der Waals surface area (Å²) >= 11 is 6.48. The Morgan fingerprint density at radius 1 is 1.21 bits per heavy atom. The van der Waals surface area contributed by atoms with Crippen molar-refractivity contribution in [2.45, 2.75) is 45.6 Å². The molecule has 0 radical (unpaired) electrons. The molecule has 28 heavy (non-hydrogen) atoms. The highest BCUT2D eigenvalue weighted by Gasteiger charge is 2.26. The van der Waals surface area contributed by atoms with E-state index in [1.807, 2.05) is 11.0 Å². The highest BCUT2D eigenvalue weighted by atomic mass is 35.5. The highest BCUT2D eigenvalue weighted by molar-refractivity contribution is 6.33.